The zero-order chi connectivity index (χ0) is 58.9. The fourth-order valence-electron chi connectivity index (χ4n) is 10.7. The maximum Gasteiger partial charge on any atom is 0.249 e. The molecule has 1 rings (SSSR count). The fraction of sp³-hybridized carbons (Fsp3) is 0.843. The monoisotopic (exact) mass is 1140 g/mol. The molecule has 1 fully saturated rings. The highest BCUT2D eigenvalue weighted by molar-refractivity contribution is 5.80. The minimum atomic E-state index is -1.68. The molecule has 0 spiro atoms. The molecule has 0 aliphatic carbocycles. The lowest BCUT2D eigenvalue weighted by atomic mass is 9.98. The summed E-state index contributed by atoms with van der Waals surface area (Å²) in [6.07, 6.45) is 65.8. The lowest BCUT2D eigenvalue weighted by Gasteiger charge is -2.40. The van der Waals surface area contributed by atoms with Crippen LogP contribution >= 0.6 is 0 Å². The van der Waals surface area contributed by atoms with Crippen LogP contribution in [0.1, 0.15) is 309 Å². The summed E-state index contributed by atoms with van der Waals surface area (Å²) in [5, 5.41) is 76.4. The molecule has 0 saturated carbocycles. The van der Waals surface area contributed by atoms with E-state index in [9.17, 15) is 40.5 Å². The Bertz CT molecular complexity index is 1500. The van der Waals surface area contributed by atoms with Crippen LogP contribution in [0, 0.1) is 0 Å². The van der Waals surface area contributed by atoms with Crippen LogP contribution in [0.3, 0.4) is 0 Å². The molecule has 0 aromatic carbocycles. The van der Waals surface area contributed by atoms with Crippen molar-refractivity contribution in [2.24, 2.45) is 0 Å². The number of aliphatic hydroxyl groups is 7. The SMILES string of the molecule is CCCCCCCCCCC/C=C\C/C=C\CCCCCCCCCCCCC(O)C(=O)NC(COC1OC(CO)C(O)C(O)C1O)C(O)C(O)CCC/C=C/CC/C=C/CC/C=C/CCCCCCCCCCCCCCCCC. The van der Waals surface area contributed by atoms with E-state index < -0.39 is 74.2 Å². The molecular weight excluding hydrogens is 1010 g/mol. The van der Waals surface area contributed by atoms with Gasteiger partial charge in [0, 0.05) is 0 Å². The predicted molar refractivity (Wildman–Crippen MR) is 339 cm³/mol. The van der Waals surface area contributed by atoms with Crippen molar-refractivity contribution in [3.63, 3.8) is 0 Å². The van der Waals surface area contributed by atoms with Gasteiger partial charge in [-0.2, -0.15) is 0 Å². The van der Waals surface area contributed by atoms with E-state index in [4.69, 9.17) is 9.47 Å². The second-order valence-electron chi connectivity index (χ2n) is 23.9. The van der Waals surface area contributed by atoms with E-state index in [1.807, 2.05) is 0 Å². The maximum atomic E-state index is 13.2. The van der Waals surface area contributed by atoms with Gasteiger partial charge < -0.3 is 50.5 Å². The predicted octanol–water partition coefficient (Wildman–Crippen LogP) is 16.1. The Morgan fingerprint density at radius 2 is 0.778 bits per heavy atom. The summed E-state index contributed by atoms with van der Waals surface area (Å²) in [5.74, 6) is -0.713. The van der Waals surface area contributed by atoms with Gasteiger partial charge in [-0.3, -0.25) is 4.79 Å². The average molecular weight is 1140 g/mol. The molecule has 11 nitrogen and oxygen atoms in total. The van der Waals surface area contributed by atoms with Crippen molar-refractivity contribution in [1.82, 2.24) is 5.32 Å². The lowest BCUT2D eigenvalue weighted by Crippen LogP contribution is -2.60. The summed E-state index contributed by atoms with van der Waals surface area (Å²) in [6.45, 7) is 3.47. The molecule has 0 aromatic heterocycles. The molecule has 1 heterocycles. The Kier molecular flexibility index (Phi) is 55.2. The lowest BCUT2D eigenvalue weighted by molar-refractivity contribution is -0.303. The van der Waals surface area contributed by atoms with Crippen molar-refractivity contribution in [2.75, 3.05) is 13.2 Å². The fourth-order valence-corrected chi connectivity index (χ4v) is 10.7. The zero-order valence-electron chi connectivity index (χ0n) is 52.3. The van der Waals surface area contributed by atoms with E-state index >= 15 is 0 Å². The van der Waals surface area contributed by atoms with Crippen LogP contribution in [0.25, 0.3) is 0 Å². The van der Waals surface area contributed by atoms with E-state index in [1.165, 1.54) is 205 Å². The van der Waals surface area contributed by atoms with Gasteiger partial charge >= 0.3 is 0 Å². The molecule has 0 aromatic rings. The third-order valence-corrected chi connectivity index (χ3v) is 16.2. The van der Waals surface area contributed by atoms with Crippen molar-refractivity contribution in [2.45, 2.75) is 364 Å². The quantitative estimate of drug-likeness (QED) is 0.0215. The van der Waals surface area contributed by atoms with Crippen molar-refractivity contribution in [3.8, 4) is 0 Å². The van der Waals surface area contributed by atoms with Gasteiger partial charge in [0.2, 0.25) is 5.91 Å². The molecule has 0 bridgehead atoms. The molecule has 11 heteroatoms. The van der Waals surface area contributed by atoms with Crippen LogP contribution in [0.2, 0.25) is 0 Å². The summed E-state index contributed by atoms with van der Waals surface area (Å²) >= 11 is 0. The maximum absolute atomic E-state index is 13.2. The van der Waals surface area contributed by atoms with Crippen molar-refractivity contribution < 1.29 is 50.0 Å². The summed E-state index contributed by atoms with van der Waals surface area (Å²) in [6, 6.07) is -1.20. The molecular formula is C70H129NO10. The number of amides is 1. The van der Waals surface area contributed by atoms with Crippen LogP contribution in [-0.4, -0.2) is 110 Å². The van der Waals surface area contributed by atoms with Crippen molar-refractivity contribution in [3.05, 3.63) is 60.8 Å². The first-order chi connectivity index (χ1) is 39.7. The summed E-state index contributed by atoms with van der Waals surface area (Å²) in [4.78, 5) is 13.2. The zero-order valence-corrected chi connectivity index (χ0v) is 52.3. The smallest absolute Gasteiger partial charge is 0.249 e. The molecule has 474 valence electrons. The van der Waals surface area contributed by atoms with Gasteiger partial charge in [0.05, 0.1) is 25.4 Å². The van der Waals surface area contributed by atoms with Gasteiger partial charge in [0.15, 0.2) is 6.29 Å². The standard InChI is InChI=1S/C70H129NO10/c1-3-5-7-9-11-13-15-17-19-21-23-25-27-29-31-32-34-35-37-39-41-43-45-47-49-51-53-55-57-62(73)65(75)61(60-80-70-68(78)67(77)66(76)64(59-72)81-70)71-69(79)63(74)58-56-54-52-50-48-46-44-42-40-38-36-33-30-28-26-24-22-20-18-16-14-12-10-8-6-4-2/h24,26,30,33-35,41,43,49,51,61-68,70,72-78H,3-23,25,27-29,31-32,36-40,42,44-48,50,52-60H2,1-2H3,(H,71,79)/b26-24-,33-30-,35-34+,43-41+,51-49+. The Balaban J connectivity index is 2.27. The molecule has 1 saturated heterocycles. The Labute approximate surface area is 497 Å². The Morgan fingerprint density at radius 1 is 0.432 bits per heavy atom. The van der Waals surface area contributed by atoms with Gasteiger partial charge in [-0.25, -0.2) is 0 Å². The van der Waals surface area contributed by atoms with Gasteiger partial charge in [0.1, 0.15) is 36.6 Å². The molecule has 1 aliphatic rings. The number of hydrogen-bond acceptors (Lipinski definition) is 10. The number of hydrogen-bond donors (Lipinski definition) is 8. The second-order valence-corrected chi connectivity index (χ2v) is 23.9. The molecule has 8 N–H and O–H groups in total. The minimum Gasteiger partial charge on any atom is -0.394 e. The van der Waals surface area contributed by atoms with Gasteiger partial charge in [-0.1, -0.05) is 274 Å². The number of allylic oxidation sites excluding steroid dienone is 10. The molecule has 0 radical (unpaired) electrons. The first-order valence-electron chi connectivity index (χ1n) is 34.2. The average Bonchev–Trinajstić information content (AvgIpc) is 3.49. The number of nitrogens with one attached hydrogen (secondary N) is 1. The third-order valence-electron chi connectivity index (χ3n) is 16.2. The highest BCUT2D eigenvalue weighted by atomic mass is 16.7. The highest BCUT2D eigenvalue weighted by Crippen LogP contribution is 2.24. The number of ether oxygens (including phenoxy) is 2. The topological polar surface area (TPSA) is 189 Å². The van der Waals surface area contributed by atoms with E-state index in [-0.39, 0.29) is 12.8 Å². The van der Waals surface area contributed by atoms with Crippen LogP contribution in [0.4, 0.5) is 0 Å². The second kappa shape index (κ2) is 58.2. The molecule has 9 atom stereocenters. The number of unbranched alkanes of at least 4 members (excludes halogenated alkanes) is 37. The largest absolute Gasteiger partial charge is 0.394 e. The van der Waals surface area contributed by atoms with Crippen LogP contribution in [0.15, 0.2) is 60.8 Å². The summed E-state index contributed by atoms with van der Waals surface area (Å²) < 4.78 is 11.2. The Morgan fingerprint density at radius 3 is 1.17 bits per heavy atom. The van der Waals surface area contributed by atoms with Crippen LogP contribution < -0.4 is 5.32 Å². The minimum absolute atomic E-state index is 0.239. The summed E-state index contributed by atoms with van der Waals surface area (Å²) in [7, 11) is 0. The molecule has 1 aliphatic heterocycles. The third kappa shape index (κ3) is 45.8. The van der Waals surface area contributed by atoms with Crippen molar-refractivity contribution >= 4 is 5.91 Å². The number of carbonyl (C=O) groups is 1. The molecule has 1 amide bonds. The van der Waals surface area contributed by atoms with Gasteiger partial charge in [-0.05, 0) is 96.3 Å². The first kappa shape index (κ1) is 76.8. The first-order valence-corrected chi connectivity index (χ1v) is 34.2. The van der Waals surface area contributed by atoms with Crippen LogP contribution in [0.5, 0.6) is 0 Å². The normalized spacial score (nSPS) is 19.5. The van der Waals surface area contributed by atoms with E-state index in [2.05, 4.69) is 79.9 Å². The molecule has 9 unspecified atom stereocenters. The van der Waals surface area contributed by atoms with E-state index in [0.717, 1.165) is 57.8 Å². The van der Waals surface area contributed by atoms with Gasteiger partial charge in [0.25, 0.3) is 0 Å². The van der Waals surface area contributed by atoms with E-state index in [1.54, 1.807) is 0 Å². The Hall–Kier alpha value is -2.19. The van der Waals surface area contributed by atoms with Gasteiger partial charge in [-0.15, -0.1) is 0 Å². The van der Waals surface area contributed by atoms with Crippen LogP contribution in [-0.2, 0) is 14.3 Å². The number of carbonyl (C=O) groups excluding carboxylic acids is 1. The van der Waals surface area contributed by atoms with Crippen molar-refractivity contribution in [1.29, 1.82) is 0 Å². The number of aliphatic hydroxyl groups excluding tert-OH is 7. The highest BCUT2D eigenvalue weighted by Gasteiger charge is 2.44. The number of rotatable bonds is 59. The van der Waals surface area contributed by atoms with E-state index in [0.29, 0.717) is 19.3 Å². The molecule has 81 heavy (non-hydrogen) atoms. The summed E-state index contributed by atoms with van der Waals surface area (Å²) in [5.41, 5.74) is 0.